The van der Waals surface area contributed by atoms with Crippen molar-refractivity contribution >= 4 is 17.3 Å². The molecule has 20 heavy (non-hydrogen) atoms. The van der Waals surface area contributed by atoms with E-state index < -0.39 is 5.82 Å². The normalized spacial score (nSPS) is 9.90. The predicted molar refractivity (Wildman–Crippen MR) is 76.4 cm³/mol. The molecule has 2 rings (SSSR count). The Bertz CT molecular complexity index is 647. The van der Waals surface area contributed by atoms with E-state index in [0.29, 0.717) is 28.6 Å². The van der Waals surface area contributed by atoms with Gasteiger partial charge in [0.1, 0.15) is 17.6 Å². The highest BCUT2D eigenvalue weighted by Crippen LogP contribution is 2.21. The maximum Gasteiger partial charge on any atom is 0.136 e. The third kappa shape index (κ3) is 3.40. The topological polar surface area (TPSA) is 45.0 Å². The maximum absolute atomic E-state index is 13.2. The number of hydrogen-bond donors (Lipinski definition) is 1. The molecule has 0 heterocycles. The number of ether oxygens (including phenoxy) is 1. The largest absolute Gasteiger partial charge is 0.495 e. The molecular weight excluding hydrogens is 279 g/mol. The van der Waals surface area contributed by atoms with Crippen molar-refractivity contribution in [1.82, 2.24) is 0 Å². The molecule has 102 valence electrons. The smallest absolute Gasteiger partial charge is 0.136 e. The van der Waals surface area contributed by atoms with Crippen LogP contribution in [0.4, 0.5) is 10.1 Å². The summed E-state index contributed by atoms with van der Waals surface area (Å²) < 4.78 is 18.3. The average Bonchev–Trinajstić information content (AvgIpc) is 2.43. The first-order chi connectivity index (χ1) is 9.62. The molecule has 0 radical (unpaired) electrons. The van der Waals surface area contributed by atoms with Crippen molar-refractivity contribution in [3.63, 3.8) is 0 Å². The van der Waals surface area contributed by atoms with E-state index in [2.05, 4.69) is 5.32 Å². The SMILES string of the molecule is COc1cc(CNc2cc(F)cc(Cl)c2)ccc1C#N. The molecule has 0 saturated carbocycles. The van der Waals surface area contributed by atoms with E-state index in [4.69, 9.17) is 21.6 Å². The molecule has 0 unspecified atom stereocenters. The van der Waals surface area contributed by atoms with Crippen LogP contribution >= 0.6 is 11.6 Å². The fourth-order valence-electron chi connectivity index (χ4n) is 1.80. The molecule has 3 nitrogen and oxygen atoms in total. The highest BCUT2D eigenvalue weighted by atomic mass is 35.5. The first kappa shape index (κ1) is 14.2. The van der Waals surface area contributed by atoms with Crippen LogP contribution in [0, 0.1) is 17.1 Å². The molecular formula is C15H12ClFN2O. The van der Waals surface area contributed by atoms with E-state index in [1.807, 2.05) is 12.1 Å². The van der Waals surface area contributed by atoms with E-state index in [1.54, 1.807) is 18.2 Å². The van der Waals surface area contributed by atoms with Gasteiger partial charge in [0, 0.05) is 17.3 Å². The number of nitrogens with one attached hydrogen (secondary N) is 1. The number of nitrogens with zero attached hydrogens (tertiary/aromatic N) is 1. The molecule has 0 aliphatic rings. The van der Waals surface area contributed by atoms with Crippen LogP contribution < -0.4 is 10.1 Å². The van der Waals surface area contributed by atoms with E-state index in [9.17, 15) is 4.39 Å². The first-order valence-corrected chi connectivity index (χ1v) is 6.27. The molecule has 1 N–H and O–H groups in total. The van der Waals surface area contributed by atoms with Crippen molar-refractivity contribution in [1.29, 1.82) is 5.26 Å². The van der Waals surface area contributed by atoms with Crippen molar-refractivity contribution < 1.29 is 9.13 Å². The number of nitriles is 1. The molecule has 0 aromatic heterocycles. The Hall–Kier alpha value is -2.25. The monoisotopic (exact) mass is 290 g/mol. The summed E-state index contributed by atoms with van der Waals surface area (Å²) in [5.41, 5.74) is 1.99. The predicted octanol–water partition coefficient (Wildman–Crippen LogP) is 3.97. The van der Waals surface area contributed by atoms with Crippen molar-refractivity contribution in [2.45, 2.75) is 6.54 Å². The molecule has 0 saturated heterocycles. The fourth-order valence-corrected chi connectivity index (χ4v) is 2.02. The van der Waals surface area contributed by atoms with Crippen LogP contribution in [0.2, 0.25) is 5.02 Å². The second-order valence-electron chi connectivity index (χ2n) is 4.16. The second kappa shape index (κ2) is 6.27. The first-order valence-electron chi connectivity index (χ1n) is 5.89. The summed E-state index contributed by atoms with van der Waals surface area (Å²) in [5, 5.41) is 12.3. The average molecular weight is 291 g/mol. The molecule has 0 fully saturated rings. The third-order valence-corrected chi connectivity index (χ3v) is 2.96. The second-order valence-corrected chi connectivity index (χ2v) is 4.59. The number of halogens is 2. The van der Waals surface area contributed by atoms with Gasteiger partial charge in [-0.3, -0.25) is 0 Å². The Morgan fingerprint density at radius 3 is 2.75 bits per heavy atom. The molecule has 0 amide bonds. The zero-order valence-corrected chi connectivity index (χ0v) is 11.5. The van der Waals surface area contributed by atoms with Crippen LogP contribution in [0.15, 0.2) is 36.4 Å². The lowest BCUT2D eigenvalue weighted by atomic mass is 10.1. The molecule has 5 heteroatoms. The summed E-state index contributed by atoms with van der Waals surface area (Å²) in [6.45, 7) is 0.474. The van der Waals surface area contributed by atoms with Gasteiger partial charge < -0.3 is 10.1 Å². The lowest BCUT2D eigenvalue weighted by Gasteiger charge is -2.09. The van der Waals surface area contributed by atoms with Gasteiger partial charge in [-0.15, -0.1) is 0 Å². The molecule has 2 aromatic rings. The summed E-state index contributed by atoms with van der Waals surface area (Å²) >= 11 is 5.78. The fraction of sp³-hybridized carbons (Fsp3) is 0.133. The van der Waals surface area contributed by atoms with Crippen LogP contribution in [-0.2, 0) is 6.54 Å². The van der Waals surface area contributed by atoms with Crippen LogP contribution in [0.3, 0.4) is 0 Å². The third-order valence-electron chi connectivity index (χ3n) is 2.75. The van der Waals surface area contributed by atoms with Crippen LogP contribution in [0.25, 0.3) is 0 Å². The lowest BCUT2D eigenvalue weighted by molar-refractivity contribution is 0.413. The molecule has 0 spiro atoms. The Morgan fingerprint density at radius 2 is 2.10 bits per heavy atom. The van der Waals surface area contributed by atoms with Crippen LogP contribution in [-0.4, -0.2) is 7.11 Å². The summed E-state index contributed by atoms with van der Waals surface area (Å²) in [5.74, 6) is 0.126. The maximum atomic E-state index is 13.2. The standard InChI is InChI=1S/C15H12ClFN2O/c1-20-15-4-10(2-3-11(15)8-18)9-19-14-6-12(16)5-13(17)7-14/h2-7,19H,9H2,1H3. The highest BCUT2D eigenvalue weighted by Gasteiger charge is 2.04. The summed E-state index contributed by atoms with van der Waals surface area (Å²) in [4.78, 5) is 0. The van der Waals surface area contributed by atoms with Crippen molar-refractivity contribution in [3.05, 3.63) is 58.4 Å². The number of anilines is 1. The van der Waals surface area contributed by atoms with Gasteiger partial charge in [0.25, 0.3) is 0 Å². The Morgan fingerprint density at radius 1 is 1.30 bits per heavy atom. The molecule has 0 aliphatic carbocycles. The van der Waals surface area contributed by atoms with E-state index in [-0.39, 0.29) is 0 Å². The van der Waals surface area contributed by atoms with Gasteiger partial charge in [-0.25, -0.2) is 4.39 Å². The minimum Gasteiger partial charge on any atom is -0.495 e. The highest BCUT2D eigenvalue weighted by molar-refractivity contribution is 6.30. The van der Waals surface area contributed by atoms with Gasteiger partial charge in [-0.2, -0.15) is 5.26 Å². The molecule has 0 atom stereocenters. The van der Waals surface area contributed by atoms with E-state index >= 15 is 0 Å². The van der Waals surface area contributed by atoms with E-state index in [1.165, 1.54) is 19.2 Å². The number of rotatable bonds is 4. The minimum atomic E-state index is -0.391. The van der Waals surface area contributed by atoms with Crippen molar-refractivity contribution in [2.24, 2.45) is 0 Å². The van der Waals surface area contributed by atoms with Crippen molar-refractivity contribution in [2.75, 3.05) is 12.4 Å². The summed E-state index contributed by atoms with van der Waals surface area (Å²) in [7, 11) is 1.51. The van der Waals surface area contributed by atoms with Crippen LogP contribution in [0.1, 0.15) is 11.1 Å². The summed E-state index contributed by atoms with van der Waals surface area (Å²) in [6, 6.07) is 11.6. The minimum absolute atomic E-state index is 0.338. The summed E-state index contributed by atoms with van der Waals surface area (Å²) in [6.07, 6.45) is 0. The molecule has 2 aromatic carbocycles. The van der Waals surface area contributed by atoms with Crippen molar-refractivity contribution in [3.8, 4) is 11.8 Å². The van der Waals surface area contributed by atoms with Gasteiger partial charge >= 0.3 is 0 Å². The van der Waals surface area contributed by atoms with Crippen LogP contribution in [0.5, 0.6) is 5.75 Å². The number of methoxy groups -OCH3 is 1. The molecule has 0 bridgehead atoms. The van der Waals surface area contributed by atoms with E-state index in [0.717, 1.165) is 5.56 Å². The lowest BCUT2D eigenvalue weighted by Crippen LogP contribution is -2.01. The number of benzene rings is 2. The Labute approximate surface area is 121 Å². The molecule has 0 aliphatic heterocycles. The van der Waals surface area contributed by atoms with Gasteiger partial charge in [-0.1, -0.05) is 17.7 Å². The Balaban J connectivity index is 2.13. The van der Waals surface area contributed by atoms with Gasteiger partial charge in [0.15, 0.2) is 0 Å². The number of hydrogen-bond acceptors (Lipinski definition) is 3. The van der Waals surface area contributed by atoms with Gasteiger partial charge in [0.2, 0.25) is 0 Å². The quantitative estimate of drug-likeness (QED) is 0.926. The zero-order valence-electron chi connectivity index (χ0n) is 10.8. The van der Waals surface area contributed by atoms with Gasteiger partial charge in [0.05, 0.1) is 12.7 Å². The zero-order chi connectivity index (χ0) is 14.5. The Kier molecular flexibility index (Phi) is 4.44. The van der Waals surface area contributed by atoms with Gasteiger partial charge in [-0.05, 0) is 35.9 Å².